The zero-order chi connectivity index (χ0) is 14.4. The molecule has 20 heavy (non-hydrogen) atoms. The van der Waals surface area contributed by atoms with Crippen molar-refractivity contribution in [3.05, 3.63) is 52.0 Å². The SMILES string of the molecule is CC(NC(=O)c1sccc1C#CCO)c1cccnc1. The maximum Gasteiger partial charge on any atom is 0.263 e. The second-order valence-corrected chi connectivity index (χ2v) is 5.02. The summed E-state index contributed by atoms with van der Waals surface area (Å²) in [5, 5.41) is 13.4. The number of rotatable bonds is 3. The van der Waals surface area contributed by atoms with Gasteiger partial charge in [-0.25, -0.2) is 0 Å². The van der Waals surface area contributed by atoms with Gasteiger partial charge in [0.15, 0.2) is 0 Å². The van der Waals surface area contributed by atoms with E-state index < -0.39 is 0 Å². The van der Waals surface area contributed by atoms with Crippen LogP contribution in [0.2, 0.25) is 0 Å². The number of amides is 1. The van der Waals surface area contributed by atoms with Gasteiger partial charge in [-0.15, -0.1) is 11.3 Å². The molecule has 2 heterocycles. The Balaban J connectivity index is 2.11. The van der Waals surface area contributed by atoms with Crippen LogP contribution in [0.25, 0.3) is 0 Å². The Hall–Kier alpha value is -2.16. The van der Waals surface area contributed by atoms with Crippen LogP contribution in [-0.4, -0.2) is 22.6 Å². The smallest absolute Gasteiger partial charge is 0.263 e. The van der Waals surface area contributed by atoms with Crippen molar-refractivity contribution in [3.8, 4) is 11.8 Å². The van der Waals surface area contributed by atoms with E-state index in [1.165, 1.54) is 11.3 Å². The fourth-order valence-corrected chi connectivity index (χ4v) is 2.45. The van der Waals surface area contributed by atoms with Gasteiger partial charge in [0.1, 0.15) is 11.5 Å². The standard InChI is InChI=1S/C15H14N2O2S/c1-11(13-4-2-7-16-10-13)17-15(19)14-12(5-3-8-18)6-9-20-14/h2,4,6-7,9-11,18H,8H2,1H3,(H,17,19). The van der Waals surface area contributed by atoms with Crippen molar-refractivity contribution in [1.82, 2.24) is 10.3 Å². The highest BCUT2D eigenvalue weighted by atomic mass is 32.1. The summed E-state index contributed by atoms with van der Waals surface area (Å²) >= 11 is 1.33. The predicted molar refractivity (Wildman–Crippen MR) is 78.4 cm³/mol. The number of aromatic nitrogens is 1. The van der Waals surface area contributed by atoms with E-state index in [-0.39, 0.29) is 18.6 Å². The molecule has 2 N–H and O–H groups in total. The third-order valence-electron chi connectivity index (χ3n) is 2.71. The predicted octanol–water partition coefficient (Wildman–Crippen LogP) is 1.98. The van der Waals surface area contributed by atoms with E-state index in [0.29, 0.717) is 10.4 Å². The zero-order valence-electron chi connectivity index (χ0n) is 11.0. The molecule has 2 aromatic rings. The average molecular weight is 286 g/mol. The first kappa shape index (κ1) is 14.3. The maximum atomic E-state index is 12.2. The molecule has 5 heteroatoms. The summed E-state index contributed by atoms with van der Waals surface area (Å²) in [6.45, 7) is 1.69. The summed E-state index contributed by atoms with van der Waals surface area (Å²) in [4.78, 5) is 16.8. The van der Waals surface area contributed by atoms with Gasteiger partial charge in [0.05, 0.1) is 6.04 Å². The molecule has 102 valence electrons. The number of aliphatic hydroxyl groups excluding tert-OH is 1. The number of hydrogen-bond acceptors (Lipinski definition) is 4. The van der Waals surface area contributed by atoms with Gasteiger partial charge in [-0.2, -0.15) is 0 Å². The summed E-state index contributed by atoms with van der Waals surface area (Å²) in [6, 6.07) is 5.40. The minimum absolute atomic E-state index is 0.128. The van der Waals surface area contributed by atoms with Gasteiger partial charge in [-0.05, 0) is 30.0 Å². The van der Waals surface area contributed by atoms with E-state index in [1.54, 1.807) is 18.5 Å². The quantitative estimate of drug-likeness (QED) is 0.848. The number of nitrogens with one attached hydrogen (secondary N) is 1. The first-order valence-electron chi connectivity index (χ1n) is 6.10. The van der Waals surface area contributed by atoms with Crippen LogP contribution in [0.1, 0.15) is 33.8 Å². The van der Waals surface area contributed by atoms with Crippen LogP contribution in [0.5, 0.6) is 0 Å². The first-order valence-corrected chi connectivity index (χ1v) is 6.98. The van der Waals surface area contributed by atoms with Gasteiger partial charge in [-0.1, -0.05) is 17.9 Å². The van der Waals surface area contributed by atoms with E-state index in [9.17, 15) is 4.79 Å². The van der Waals surface area contributed by atoms with E-state index >= 15 is 0 Å². The molecule has 1 unspecified atom stereocenters. The van der Waals surface area contributed by atoms with Crippen LogP contribution in [0.3, 0.4) is 0 Å². The largest absolute Gasteiger partial charge is 0.384 e. The highest BCUT2D eigenvalue weighted by molar-refractivity contribution is 7.12. The lowest BCUT2D eigenvalue weighted by atomic mass is 10.1. The summed E-state index contributed by atoms with van der Waals surface area (Å²) in [6.07, 6.45) is 3.42. The number of carbonyl (C=O) groups excluding carboxylic acids is 1. The lowest BCUT2D eigenvalue weighted by Crippen LogP contribution is -2.26. The molecule has 0 spiro atoms. The first-order chi connectivity index (χ1) is 9.72. The second-order valence-electron chi connectivity index (χ2n) is 4.10. The van der Waals surface area contributed by atoms with Gasteiger partial charge >= 0.3 is 0 Å². The number of nitrogens with zero attached hydrogens (tertiary/aromatic N) is 1. The average Bonchev–Trinajstić information content (AvgIpc) is 2.94. The van der Waals surface area contributed by atoms with E-state index in [1.807, 2.05) is 24.4 Å². The molecule has 0 aliphatic heterocycles. The molecule has 2 aromatic heterocycles. The molecular weight excluding hydrogens is 272 g/mol. The van der Waals surface area contributed by atoms with Crippen LogP contribution < -0.4 is 5.32 Å². The highest BCUT2D eigenvalue weighted by Gasteiger charge is 2.15. The van der Waals surface area contributed by atoms with Gasteiger partial charge in [0, 0.05) is 18.0 Å². The Morgan fingerprint density at radius 3 is 3.10 bits per heavy atom. The van der Waals surface area contributed by atoms with Crippen LogP contribution in [-0.2, 0) is 0 Å². The fraction of sp³-hybridized carbons (Fsp3) is 0.200. The molecule has 0 aliphatic carbocycles. The van der Waals surface area contributed by atoms with Crippen LogP contribution in [0.4, 0.5) is 0 Å². The maximum absolute atomic E-state index is 12.2. The molecule has 0 saturated heterocycles. The van der Waals surface area contributed by atoms with Crippen molar-refractivity contribution >= 4 is 17.2 Å². The van der Waals surface area contributed by atoms with Crippen molar-refractivity contribution < 1.29 is 9.90 Å². The van der Waals surface area contributed by atoms with E-state index in [2.05, 4.69) is 22.1 Å². The fourth-order valence-electron chi connectivity index (χ4n) is 1.70. The van der Waals surface area contributed by atoms with Crippen molar-refractivity contribution in [3.63, 3.8) is 0 Å². The molecule has 0 aliphatic rings. The van der Waals surface area contributed by atoms with Crippen molar-refractivity contribution in [2.24, 2.45) is 0 Å². The monoisotopic (exact) mass is 286 g/mol. The summed E-state index contributed by atoms with van der Waals surface area (Å²) < 4.78 is 0. The molecule has 1 atom stereocenters. The van der Waals surface area contributed by atoms with Crippen LogP contribution in [0, 0.1) is 11.8 Å². The van der Waals surface area contributed by atoms with Gasteiger partial charge in [-0.3, -0.25) is 9.78 Å². The Labute approximate surface area is 121 Å². The normalized spacial score (nSPS) is 11.3. The summed E-state index contributed by atoms with van der Waals surface area (Å²) in [7, 11) is 0. The van der Waals surface area contributed by atoms with Crippen LogP contribution in [0.15, 0.2) is 36.0 Å². The Morgan fingerprint density at radius 1 is 1.55 bits per heavy atom. The third kappa shape index (κ3) is 3.44. The minimum Gasteiger partial charge on any atom is -0.384 e. The number of thiophene rings is 1. The van der Waals surface area contributed by atoms with Gasteiger partial charge in [0.2, 0.25) is 0 Å². The lowest BCUT2D eigenvalue weighted by Gasteiger charge is -2.13. The molecule has 0 aromatic carbocycles. The molecule has 0 saturated carbocycles. The van der Waals surface area contributed by atoms with E-state index in [4.69, 9.17) is 5.11 Å². The third-order valence-corrected chi connectivity index (χ3v) is 3.62. The molecule has 4 nitrogen and oxygen atoms in total. The molecule has 0 radical (unpaired) electrons. The van der Waals surface area contributed by atoms with Crippen molar-refractivity contribution in [2.45, 2.75) is 13.0 Å². The van der Waals surface area contributed by atoms with Crippen LogP contribution >= 0.6 is 11.3 Å². The number of aliphatic hydroxyl groups is 1. The molecule has 1 amide bonds. The molecule has 0 fully saturated rings. The minimum atomic E-state index is -0.219. The van der Waals surface area contributed by atoms with Crippen molar-refractivity contribution in [1.29, 1.82) is 0 Å². The highest BCUT2D eigenvalue weighted by Crippen LogP contribution is 2.18. The molecule has 2 rings (SSSR count). The Morgan fingerprint density at radius 2 is 2.40 bits per heavy atom. The van der Waals surface area contributed by atoms with E-state index in [0.717, 1.165) is 5.56 Å². The second kappa shape index (κ2) is 6.85. The topological polar surface area (TPSA) is 62.2 Å². The zero-order valence-corrected chi connectivity index (χ0v) is 11.8. The lowest BCUT2D eigenvalue weighted by molar-refractivity contribution is 0.0943. The molecular formula is C15H14N2O2S. The summed E-state index contributed by atoms with van der Waals surface area (Å²) in [5.74, 6) is 5.16. The number of hydrogen-bond donors (Lipinski definition) is 2. The van der Waals surface area contributed by atoms with Gasteiger partial charge < -0.3 is 10.4 Å². The number of pyridine rings is 1. The molecule has 0 bridgehead atoms. The Bertz CT molecular complexity index is 641. The van der Waals surface area contributed by atoms with Crippen molar-refractivity contribution in [2.75, 3.05) is 6.61 Å². The number of carbonyl (C=O) groups is 1. The Kier molecular flexibility index (Phi) is 4.88. The summed E-state index contributed by atoms with van der Waals surface area (Å²) in [5.41, 5.74) is 1.58. The van der Waals surface area contributed by atoms with Gasteiger partial charge in [0.25, 0.3) is 5.91 Å².